The third kappa shape index (κ3) is 3.09. The van der Waals surface area contributed by atoms with E-state index in [-0.39, 0.29) is 17.9 Å². The van der Waals surface area contributed by atoms with Crippen LogP contribution in [0.5, 0.6) is 0 Å². The lowest BCUT2D eigenvalue weighted by molar-refractivity contribution is -0.385. The van der Waals surface area contributed by atoms with Gasteiger partial charge in [-0.05, 0) is 18.6 Å². The molecule has 4 nitrogen and oxygen atoms in total. The van der Waals surface area contributed by atoms with Gasteiger partial charge in [-0.1, -0.05) is 24.3 Å². The maximum absolute atomic E-state index is 13.4. The van der Waals surface area contributed by atoms with E-state index >= 15 is 0 Å². The van der Waals surface area contributed by atoms with Crippen LogP contribution in [0, 0.1) is 21.7 Å². The second kappa shape index (κ2) is 6.10. The van der Waals surface area contributed by atoms with Gasteiger partial charge in [-0.25, -0.2) is 8.78 Å². The van der Waals surface area contributed by atoms with Crippen molar-refractivity contribution < 1.29 is 13.7 Å². The number of para-hydroxylation sites is 1. The van der Waals surface area contributed by atoms with Gasteiger partial charge in [-0.3, -0.25) is 10.1 Å². The molecule has 0 spiro atoms. The quantitative estimate of drug-likeness (QED) is 0.672. The molecule has 0 unspecified atom stereocenters. The number of nitro groups is 1. The third-order valence-corrected chi connectivity index (χ3v) is 2.85. The molecular formula is C14H12F2N2O2. The van der Waals surface area contributed by atoms with Gasteiger partial charge in [0.15, 0.2) is 11.6 Å². The Labute approximate surface area is 114 Å². The second-order valence-electron chi connectivity index (χ2n) is 4.16. The first-order valence-corrected chi connectivity index (χ1v) is 6.00. The van der Waals surface area contributed by atoms with Crippen LogP contribution in [-0.2, 0) is 6.42 Å². The average Bonchev–Trinajstić information content (AvgIpc) is 2.44. The highest BCUT2D eigenvalue weighted by molar-refractivity contribution is 5.46. The molecule has 0 bridgehead atoms. The fourth-order valence-electron chi connectivity index (χ4n) is 1.87. The van der Waals surface area contributed by atoms with Crippen molar-refractivity contribution in [3.05, 3.63) is 69.8 Å². The van der Waals surface area contributed by atoms with Crippen LogP contribution in [0.2, 0.25) is 0 Å². The number of anilines is 1. The minimum Gasteiger partial charge on any atom is -0.382 e. The maximum Gasteiger partial charge on any atom is 0.272 e. The van der Waals surface area contributed by atoms with Crippen LogP contribution in [0.4, 0.5) is 20.2 Å². The van der Waals surface area contributed by atoms with Gasteiger partial charge < -0.3 is 5.32 Å². The van der Waals surface area contributed by atoms with Crippen LogP contribution in [0.1, 0.15) is 5.56 Å². The zero-order valence-corrected chi connectivity index (χ0v) is 10.5. The first kappa shape index (κ1) is 13.9. The molecule has 2 rings (SSSR count). The van der Waals surface area contributed by atoms with Crippen LogP contribution in [0.3, 0.4) is 0 Å². The Morgan fingerprint density at radius 2 is 1.85 bits per heavy atom. The van der Waals surface area contributed by atoms with Gasteiger partial charge in [-0.15, -0.1) is 0 Å². The molecule has 0 aliphatic rings. The predicted octanol–water partition coefficient (Wildman–Crippen LogP) is 3.53. The Kier molecular flexibility index (Phi) is 4.24. The first-order chi connectivity index (χ1) is 9.59. The van der Waals surface area contributed by atoms with E-state index in [4.69, 9.17) is 0 Å². The normalized spacial score (nSPS) is 10.3. The lowest BCUT2D eigenvalue weighted by Gasteiger charge is -2.08. The molecule has 0 fully saturated rings. The highest BCUT2D eigenvalue weighted by atomic mass is 19.2. The molecule has 0 heterocycles. The number of nitro benzene ring substituents is 1. The fraction of sp³-hybridized carbons (Fsp3) is 0.143. The number of hydrogen-bond acceptors (Lipinski definition) is 3. The van der Waals surface area contributed by atoms with Crippen molar-refractivity contribution in [2.24, 2.45) is 0 Å². The Balaban J connectivity index is 2.03. The fourth-order valence-corrected chi connectivity index (χ4v) is 1.87. The van der Waals surface area contributed by atoms with Crippen molar-refractivity contribution in [3.63, 3.8) is 0 Å². The molecular weight excluding hydrogens is 266 g/mol. The van der Waals surface area contributed by atoms with E-state index in [1.807, 2.05) is 0 Å². The van der Waals surface area contributed by atoms with E-state index < -0.39 is 16.6 Å². The summed E-state index contributed by atoms with van der Waals surface area (Å²) < 4.78 is 26.4. The molecule has 104 valence electrons. The van der Waals surface area contributed by atoms with Crippen molar-refractivity contribution in [2.75, 3.05) is 11.9 Å². The largest absolute Gasteiger partial charge is 0.382 e. The molecule has 6 heteroatoms. The summed E-state index contributed by atoms with van der Waals surface area (Å²) in [7, 11) is 0. The van der Waals surface area contributed by atoms with Crippen molar-refractivity contribution in [1.82, 2.24) is 0 Å². The predicted molar refractivity (Wildman–Crippen MR) is 71.6 cm³/mol. The van der Waals surface area contributed by atoms with Crippen molar-refractivity contribution >= 4 is 11.4 Å². The van der Waals surface area contributed by atoms with Crippen molar-refractivity contribution in [2.45, 2.75) is 6.42 Å². The van der Waals surface area contributed by atoms with Gasteiger partial charge in [0, 0.05) is 18.2 Å². The van der Waals surface area contributed by atoms with E-state index in [2.05, 4.69) is 5.32 Å². The SMILES string of the molecule is O=[N+]([O-])c1ccccc1CCNc1cccc(F)c1F. The van der Waals surface area contributed by atoms with Gasteiger partial charge in [-0.2, -0.15) is 0 Å². The molecule has 0 atom stereocenters. The minimum absolute atomic E-state index is 0.0222. The molecule has 0 radical (unpaired) electrons. The second-order valence-corrected chi connectivity index (χ2v) is 4.16. The lowest BCUT2D eigenvalue weighted by Crippen LogP contribution is -2.08. The number of rotatable bonds is 5. The topological polar surface area (TPSA) is 55.2 Å². The number of hydrogen-bond donors (Lipinski definition) is 1. The van der Waals surface area contributed by atoms with Crippen LogP contribution in [0.25, 0.3) is 0 Å². The zero-order valence-electron chi connectivity index (χ0n) is 10.5. The number of benzene rings is 2. The van der Waals surface area contributed by atoms with Gasteiger partial charge in [0.25, 0.3) is 5.69 Å². The summed E-state index contributed by atoms with van der Waals surface area (Å²) in [5.74, 6) is -1.88. The standard InChI is InChI=1S/C14H12F2N2O2/c15-11-5-3-6-12(14(11)16)17-9-8-10-4-1-2-7-13(10)18(19)20/h1-7,17H,8-9H2. The van der Waals surface area contributed by atoms with Gasteiger partial charge >= 0.3 is 0 Å². The number of nitrogens with one attached hydrogen (secondary N) is 1. The lowest BCUT2D eigenvalue weighted by atomic mass is 10.1. The van der Waals surface area contributed by atoms with E-state index in [0.717, 1.165) is 6.07 Å². The van der Waals surface area contributed by atoms with E-state index in [0.29, 0.717) is 12.0 Å². The summed E-state index contributed by atoms with van der Waals surface area (Å²) in [6.45, 7) is 0.269. The highest BCUT2D eigenvalue weighted by Gasteiger charge is 2.12. The van der Waals surface area contributed by atoms with Gasteiger partial charge in [0.2, 0.25) is 0 Å². The number of halogens is 2. The summed E-state index contributed by atoms with van der Waals surface area (Å²) >= 11 is 0. The van der Waals surface area contributed by atoms with Gasteiger partial charge in [0.05, 0.1) is 10.6 Å². The van der Waals surface area contributed by atoms with E-state index in [9.17, 15) is 18.9 Å². The Morgan fingerprint density at radius 1 is 1.10 bits per heavy atom. The average molecular weight is 278 g/mol. The van der Waals surface area contributed by atoms with Crippen molar-refractivity contribution in [3.8, 4) is 0 Å². The summed E-state index contributed by atoms with van der Waals surface area (Å²) in [5, 5.41) is 13.6. The third-order valence-electron chi connectivity index (χ3n) is 2.85. The molecule has 0 saturated heterocycles. The molecule has 0 aliphatic heterocycles. The molecule has 2 aromatic carbocycles. The Morgan fingerprint density at radius 3 is 2.60 bits per heavy atom. The maximum atomic E-state index is 13.4. The smallest absolute Gasteiger partial charge is 0.272 e. The monoisotopic (exact) mass is 278 g/mol. The summed E-state index contributed by atoms with van der Waals surface area (Å²) in [6.07, 6.45) is 0.340. The molecule has 0 saturated carbocycles. The van der Waals surface area contributed by atoms with Crippen LogP contribution in [-0.4, -0.2) is 11.5 Å². The first-order valence-electron chi connectivity index (χ1n) is 6.00. The summed E-state index contributed by atoms with van der Waals surface area (Å²) in [4.78, 5) is 10.4. The van der Waals surface area contributed by atoms with E-state index in [1.54, 1.807) is 18.2 Å². The summed E-state index contributed by atoms with van der Waals surface area (Å²) in [5.41, 5.74) is 0.611. The molecule has 0 aromatic heterocycles. The Hall–Kier alpha value is -2.50. The van der Waals surface area contributed by atoms with Crippen LogP contribution >= 0.6 is 0 Å². The molecule has 20 heavy (non-hydrogen) atoms. The zero-order chi connectivity index (χ0) is 14.5. The van der Waals surface area contributed by atoms with Gasteiger partial charge in [0.1, 0.15) is 0 Å². The Bertz CT molecular complexity index is 632. The molecule has 2 aromatic rings. The highest BCUT2D eigenvalue weighted by Crippen LogP contribution is 2.19. The van der Waals surface area contributed by atoms with Crippen LogP contribution in [0.15, 0.2) is 42.5 Å². The molecule has 1 N–H and O–H groups in total. The van der Waals surface area contributed by atoms with E-state index in [1.165, 1.54) is 18.2 Å². The molecule has 0 amide bonds. The summed E-state index contributed by atoms with van der Waals surface area (Å²) in [6, 6.07) is 10.2. The number of nitrogens with zero attached hydrogens (tertiary/aromatic N) is 1. The van der Waals surface area contributed by atoms with Crippen molar-refractivity contribution in [1.29, 1.82) is 0 Å². The minimum atomic E-state index is -0.949. The molecule has 0 aliphatic carbocycles. The van der Waals surface area contributed by atoms with Crippen LogP contribution < -0.4 is 5.32 Å².